The zero-order chi connectivity index (χ0) is 89.0. The Kier molecular flexibility index (Phi) is 37.2. The van der Waals surface area contributed by atoms with Gasteiger partial charge in [0.1, 0.15) is 49.4 Å². The second-order valence-corrected chi connectivity index (χ2v) is 28.3. The number of hydrogen-bond acceptors (Lipinski definition) is 26. The summed E-state index contributed by atoms with van der Waals surface area (Å²) in [5, 5.41) is 28.1. The van der Waals surface area contributed by atoms with Crippen molar-refractivity contribution < 1.29 is 143 Å². The van der Waals surface area contributed by atoms with Gasteiger partial charge in [-0.15, -0.1) is 24.7 Å². The molecule has 0 aliphatic heterocycles. The minimum Gasteiger partial charge on any atom is -0.461 e. The second kappa shape index (κ2) is 45.9. The summed E-state index contributed by atoms with van der Waals surface area (Å²) in [4.78, 5) is 73.7. The van der Waals surface area contributed by atoms with E-state index in [0.29, 0.717) is 92.4 Å². The van der Waals surface area contributed by atoms with Crippen LogP contribution in [0.15, 0.2) is 180 Å². The smallest absolute Gasteiger partial charge is 0.446 e. The Morgan fingerprint density at radius 2 is 0.608 bits per heavy atom. The van der Waals surface area contributed by atoms with Crippen LogP contribution in [0.4, 0.5) is 37.7 Å². The maximum absolute atomic E-state index is 12.6. The van der Waals surface area contributed by atoms with Crippen molar-refractivity contribution in [2.75, 3.05) is 13.1 Å². The van der Waals surface area contributed by atoms with Crippen molar-refractivity contribution >= 4 is 76.8 Å². The molecule has 0 amide bonds. The van der Waals surface area contributed by atoms with E-state index in [-0.39, 0.29) is 112 Å². The van der Waals surface area contributed by atoms with Gasteiger partial charge in [0.05, 0.1) is 46.7 Å². The Balaban J connectivity index is 0.000000285. The summed E-state index contributed by atoms with van der Waals surface area (Å²) >= 11 is 0. The molecule has 0 aliphatic carbocycles. The molecule has 0 saturated carbocycles. The first-order valence-electron chi connectivity index (χ1n) is 33.8. The normalized spacial score (nSPS) is 11.1. The molecule has 0 aliphatic rings. The summed E-state index contributed by atoms with van der Waals surface area (Å²) in [6.45, 7) is -0.530. The van der Waals surface area contributed by atoms with E-state index in [1.807, 2.05) is 0 Å². The first-order valence-corrected chi connectivity index (χ1v) is 39.2. The standard InChI is InChI=1S/C20H17F3O6S.C19H17NO8S.C18H16F3N3O6S.C17H16N4O8S/c1-2-3-4-15-12-18(29-30(25,26)27)10-7-16(15)13-28-19(24)11-14-5-8-17(9-6-14)20(21,22)23;1-2-3-4-15-12-18(28-29(24,25)26)10-7-16(15)13-27-19(21)11-14-5-8-17(9-6-14)20(22)23;19-18(20,21)15-4-1-12(2-5-15)9-17(25)29-11-14-3-6-16(30-31(26,27)28)10-13(14)7-8-23-24-22;18-20-19-8-7-13-10-16(29-30(25,26)27)6-3-14(13)11-28-17(22)9-12-1-4-15(5-2-12)21(23)24/h1,5-10,12H,3-4,11,13H2,(H,25,26,27);1,5-10,12H,3-4,11,13H2,(H,24,25,26);1-6,10H,7-9,11H2,(H,26,27,28);1-6,10H,7-9,11H2,(H,25,26,27). The lowest BCUT2D eigenvalue weighted by molar-refractivity contribution is -0.385. The molecule has 0 radical (unpaired) electrons. The highest BCUT2D eigenvalue weighted by Crippen LogP contribution is 2.32. The van der Waals surface area contributed by atoms with E-state index in [2.05, 4.69) is 48.6 Å². The molecule has 4 N–H and O–H groups in total. The summed E-state index contributed by atoms with van der Waals surface area (Å²) in [5.41, 5.74) is 20.9. The van der Waals surface area contributed by atoms with Crippen molar-refractivity contribution in [3.8, 4) is 47.7 Å². The first-order chi connectivity index (χ1) is 56.3. The molecule has 0 spiro atoms. The van der Waals surface area contributed by atoms with Crippen LogP contribution in [0.3, 0.4) is 0 Å². The molecule has 36 nitrogen and oxygen atoms in total. The summed E-state index contributed by atoms with van der Waals surface area (Å²) in [6, 6.07) is 35.5. The molecule has 0 atom stereocenters. The van der Waals surface area contributed by atoms with Crippen molar-refractivity contribution in [2.24, 2.45) is 10.2 Å². The summed E-state index contributed by atoms with van der Waals surface area (Å²) in [6.07, 6.45) is 2.70. The number of nitro benzene ring substituents is 2. The lowest BCUT2D eigenvalue weighted by Crippen LogP contribution is -2.11. The molecule has 0 heterocycles. The second-order valence-electron chi connectivity index (χ2n) is 24.2. The van der Waals surface area contributed by atoms with Crippen LogP contribution < -0.4 is 16.7 Å². The number of nitrogens with zero attached hydrogens (tertiary/aromatic N) is 8. The Labute approximate surface area is 679 Å². The van der Waals surface area contributed by atoms with Crippen LogP contribution in [-0.4, -0.2) is 98.7 Å². The summed E-state index contributed by atoms with van der Waals surface area (Å²) in [7, 11) is -18.8. The molecule has 0 bridgehead atoms. The van der Waals surface area contributed by atoms with Gasteiger partial charge >= 0.3 is 77.8 Å². The van der Waals surface area contributed by atoms with Crippen LogP contribution in [0.2, 0.25) is 0 Å². The third kappa shape index (κ3) is 37.7. The quantitative estimate of drug-likeness (QED) is 0.00271. The number of ether oxygens (including phenoxy) is 4. The predicted octanol–water partition coefficient (Wildman–Crippen LogP) is 13.3. The van der Waals surface area contributed by atoms with Crippen molar-refractivity contribution in [2.45, 2.75) is 103 Å². The van der Waals surface area contributed by atoms with Gasteiger partial charge in [-0.05, 0) is 176 Å². The van der Waals surface area contributed by atoms with E-state index in [1.54, 1.807) is 0 Å². The van der Waals surface area contributed by atoms with Crippen molar-refractivity contribution in [1.82, 2.24) is 0 Å². The summed E-state index contributed by atoms with van der Waals surface area (Å²) in [5.74, 6) is 1.82. The molecular formula is C74H66F6N8O28S4. The highest BCUT2D eigenvalue weighted by molar-refractivity contribution is 7.82. The molecular weight excluding hydrogens is 1690 g/mol. The van der Waals surface area contributed by atoms with Gasteiger partial charge in [-0.2, -0.15) is 60.0 Å². The number of non-ortho nitro benzene ring substituents is 2. The number of alkyl halides is 6. The predicted molar refractivity (Wildman–Crippen MR) is 407 cm³/mol. The number of carbonyl (C=O) groups is 4. The van der Waals surface area contributed by atoms with Crippen LogP contribution in [0.25, 0.3) is 20.9 Å². The molecule has 8 aromatic rings. The number of rotatable bonds is 36. The van der Waals surface area contributed by atoms with Gasteiger partial charge in [0.15, 0.2) is 0 Å². The number of azide groups is 2. The van der Waals surface area contributed by atoms with Crippen molar-refractivity contribution in [3.63, 3.8) is 0 Å². The third-order valence-corrected chi connectivity index (χ3v) is 17.1. The maximum atomic E-state index is 12.6. The first kappa shape index (κ1) is 97.2. The molecule has 0 fully saturated rings. The molecule has 0 unspecified atom stereocenters. The van der Waals surface area contributed by atoms with Crippen molar-refractivity contribution in [3.05, 3.63) is 289 Å². The van der Waals surface area contributed by atoms with E-state index in [1.165, 1.54) is 146 Å². The van der Waals surface area contributed by atoms with Crippen LogP contribution in [0, 0.1) is 44.9 Å². The Morgan fingerprint density at radius 1 is 0.383 bits per heavy atom. The fourth-order valence-electron chi connectivity index (χ4n) is 10.0. The number of benzene rings is 8. The Bertz CT molecular complexity index is 5630. The van der Waals surface area contributed by atoms with E-state index in [0.717, 1.165) is 24.3 Å². The highest BCUT2D eigenvalue weighted by atomic mass is 32.3. The number of terminal acetylenes is 2. The average Bonchev–Trinajstić information content (AvgIpc) is 0.867. The monoisotopic (exact) mass is 1760 g/mol. The zero-order valence-corrected chi connectivity index (χ0v) is 65.0. The summed E-state index contributed by atoms with van der Waals surface area (Å²) < 4.78 is 236. The molecule has 0 aromatic heterocycles. The number of nitro groups is 2. The fraction of sp³-hybridized carbons (Fsp3) is 0.243. The van der Waals surface area contributed by atoms with E-state index < -0.39 is 98.8 Å². The SMILES string of the molecule is C#CCCc1cc(OS(=O)(=O)O)ccc1COC(=O)Cc1ccc(C(F)(F)F)cc1.C#CCCc1cc(OS(=O)(=O)O)ccc1COC(=O)Cc1ccc([N+](=O)[O-])cc1.[N-]=[N+]=NCCc1cc(OS(=O)(=O)O)ccc1COC(=O)Cc1ccc(C(F)(F)F)cc1.[N-]=[N+]=NCCc1cc(OS(=O)(=O)O)ccc1COC(=O)Cc1ccc([N+](=O)[O-])cc1. The van der Waals surface area contributed by atoms with Gasteiger partial charge in [-0.3, -0.25) is 57.6 Å². The van der Waals surface area contributed by atoms with E-state index in [9.17, 15) is 99.4 Å². The van der Waals surface area contributed by atoms with Crippen LogP contribution >= 0.6 is 0 Å². The fourth-order valence-corrected chi connectivity index (χ4v) is 11.4. The van der Waals surface area contributed by atoms with Gasteiger partial charge in [-0.1, -0.05) is 83.0 Å². The van der Waals surface area contributed by atoms with Gasteiger partial charge in [-0.25, -0.2) is 0 Å². The average molecular weight is 1760 g/mol. The molecule has 8 rings (SSSR count). The minimum atomic E-state index is -4.74. The Morgan fingerprint density at radius 3 is 0.808 bits per heavy atom. The minimum absolute atomic E-state index is 0.0261. The third-order valence-electron chi connectivity index (χ3n) is 15.5. The number of aryl methyl sites for hydroxylation is 2. The number of esters is 4. The molecule has 120 heavy (non-hydrogen) atoms. The van der Waals surface area contributed by atoms with E-state index in [4.69, 9.17) is 61.1 Å². The van der Waals surface area contributed by atoms with Crippen LogP contribution in [0.5, 0.6) is 23.0 Å². The van der Waals surface area contributed by atoms with Gasteiger partial charge < -0.3 is 35.7 Å². The highest BCUT2D eigenvalue weighted by Gasteiger charge is 2.31. The lowest BCUT2D eigenvalue weighted by Gasteiger charge is -2.12. The largest absolute Gasteiger partial charge is 0.461 e. The van der Waals surface area contributed by atoms with Crippen LogP contribution in [0.1, 0.15) is 90.7 Å². The Hall–Kier alpha value is -13.4. The molecule has 0 saturated heterocycles. The zero-order valence-electron chi connectivity index (χ0n) is 61.7. The lowest BCUT2D eigenvalue weighted by atomic mass is 10.0. The van der Waals surface area contributed by atoms with Crippen LogP contribution in [-0.2, 0) is 170 Å². The van der Waals surface area contributed by atoms with Gasteiger partial charge in [0.2, 0.25) is 0 Å². The molecule has 636 valence electrons. The number of halogens is 6. The molecule has 46 heteroatoms. The number of carbonyl (C=O) groups excluding carboxylic acids is 4. The maximum Gasteiger partial charge on any atom is 0.446 e. The number of hydrogen-bond donors (Lipinski definition) is 4. The van der Waals surface area contributed by atoms with Gasteiger partial charge in [0, 0.05) is 60.0 Å². The topological polar surface area (TPSA) is 543 Å². The van der Waals surface area contributed by atoms with Gasteiger partial charge in [0.25, 0.3) is 11.4 Å². The van der Waals surface area contributed by atoms with E-state index >= 15 is 0 Å². The van der Waals surface area contributed by atoms with Crippen molar-refractivity contribution in [1.29, 1.82) is 0 Å². The molecule has 8 aromatic carbocycles.